The maximum absolute atomic E-state index is 13.1. The summed E-state index contributed by atoms with van der Waals surface area (Å²) in [5, 5.41) is 0. The zero-order valence-corrected chi connectivity index (χ0v) is 18.3. The first-order valence-electron chi connectivity index (χ1n) is 9.82. The molecule has 1 amide bonds. The molecule has 0 aromatic heterocycles. The molecule has 6 heteroatoms. The van der Waals surface area contributed by atoms with Crippen LogP contribution in [0.25, 0.3) is 0 Å². The van der Waals surface area contributed by atoms with E-state index in [0.717, 1.165) is 11.1 Å². The highest BCUT2D eigenvalue weighted by atomic mass is 32.2. The summed E-state index contributed by atoms with van der Waals surface area (Å²) in [5.41, 5.74) is 2.77. The second-order valence-electron chi connectivity index (χ2n) is 7.09. The van der Waals surface area contributed by atoms with E-state index in [0.29, 0.717) is 24.3 Å². The van der Waals surface area contributed by atoms with E-state index in [-0.39, 0.29) is 10.8 Å². The molecule has 5 nitrogen and oxygen atoms in total. The molecule has 0 fully saturated rings. The van der Waals surface area contributed by atoms with E-state index >= 15 is 0 Å². The lowest BCUT2D eigenvalue weighted by molar-refractivity contribution is 0.0752. The van der Waals surface area contributed by atoms with E-state index < -0.39 is 10.0 Å². The van der Waals surface area contributed by atoms with Crippen LogP contribution in [0.3, 0.4) is 0 Å². The molecule has 3 rings (SSSR count). The minimum absolute atomic E-state index is 0.131. The Morgan fingerprint density at radius 2 is 1.50 bits per heavy atom. The molecule has 0 bridgehead atoms. The quantitative estimate of drug-likeness (QED) is 0.564. The lowest BCUT2D eigenvalue weighted by Gasteiger charge is -2.24. The van der Waals surface area contributed by atoms with E-state index in [9.17, 15) is 13.2 Å². The predicted octanol–water partition coefficient (Wildman–Crippen LogP) is 4.48. The highest BCUT2D eigenvalue weighted by molar-refractivity contribution is 7.92. The third-order valence-corrected chi connectivity index (χ3v) is 6.87. The van der Waals surface area contributed by atoms with Gasteiger partial charge in [-0.05, 0) is 49.2 Å². The van der Waals surface area contributed by atoms with Crippen LogP contribution in [0, 0.1) is 6.92 Å². The smallest absolute Gasteiger partial charge is 0.264 e. The number of nitrogens with zero attached hydrogens (tertiary/aromatic N) is 2. The molecule has 3 aromatic carbocycles. The third-order valence-electron chi connectivity index (χ3n) is 5.08. The van der Waals surface area contributed by atoms with Crippen molar-refractivity contribution in [1.82, 2.24) is 4.90 Å². The van der Waals surface area contributed by atoms with Crippen LogP contribution in [0.2, 0.25) is 0 Å². The van der Waals surface area contributed by atoms with Gasteiger partial charge in [-0.2, -0.15) is 0 Å². The van der Waals surface area contributed by atoms with Gasteiger partial charge in [0.15, 0.2) is 0 Å². The Morgan fingerprint density at radius 1 is 0.900 bits per heavy atom. The van der Waals surface area contributed by atoms with Gasteiger partial charge in [-0.25, -0.2) is 8.42 Å². The molecule has 0 unspecified atom stereocenters. The van der Waals surface area contributed by atoms with Crippen molar-refractivity contribution in [3.05, 3.63) is 95.6 Å². The molecule has 0 saturated heterocycles. The minimum atomic E-state index is -3.72. The van der Waals surface area contributed by atoms with Crippen LogP contribution in [-0.2, 0) is 16.6 Å². The average molecular weight is 423 g/mol. The van der Waals surface area contributed by atoms with E-state index in [1.54, 1.807) is 53.4 Å². The first-order chi connectivity index (χ1) is 14.3. The van der Waals surface area contributed by atoms with Crippen LogP contribution >= 0.6 is 0 Å². The molecule has 0 heterocycles. The standard InChI is InChI=1S/C24H26N2O3S/c1-4-26(18-20-11-7-5-8-12-20)24(27)21-16-15-19(2)23(17-21)25(3)30(28,29)22-13-9-6-10-14-22/h5-17H,4,18H2,1-3H3. The van der Waals surface area contributed by atoms with Gasteiger partial charge in [0, 0.05) is 25.7 Å². The molecular weight excluding hydrogens is 396 g/mol. The number of benzene rings is 3. The molecule has 0 atom stereocenters. The predicted molar refractivity (Wildman–Crippen MR) is 120 cm³/mol. The molecule has 3 aromatic rings. The molecule has 0 aliphatic carbocycles. The summed E-state index contributed by atoms with van der Waals surface area (Å²) < 4.78 is 27.3. The zero-order valence-electron chi connectivity index (χ0n) is 17.4. The molecular formula is C24H26N2O3S. The molecule has 0 spiro atoms. The summed E-state index contributed by atoms with van der Waals surface area (Å²) in [4.78, 5) is 15.1. The van der Waals surface area contributed by atoms with E-state index in [1.165, 1.54) is 11.4 Å². The second-order valence-corrected chi connectivity index (χ2v) is 9.06. The Labute approximate surface area is 178 Å². The number of sulfonamides is 1. The topological polar surface area (TPSA) is 57.7 Å². The van der Waals surface area contributed by atoms with Crippen molar-refractivity contribution in [2.24, 2.45) is 0 Å². The number of aryl methyl sites for hydroxylation is 1. The van der Waals surface area contributed by atoms with Gasteiger partial charge >= 0.3 is 0 Å². The Morgan fingerprint density at radius 3 is 2.10 bits per heavy atom. The molecule has 0 aliphatic rings. The largest absolute Gasteiger partial charge is 0.335 e. The van der Waals surface area contributed by atoms with Crippen molar-refractivity contribution in [1.29, 1.82) is 0 Å². The summed E-state index contributed by atoms with van der Waals surface area (Å²) in [5.74, 6) is -0.131. The Hall–Kier alpha value is -3.12. The summed E-state index contributed by atoms with van der Waals surface area (Å²) in [6, 6.07) is 23.3. The summed E-state index contributed by atoms with van der Waals surface area (Å²) >= 11 is 0. The van der Waals surface area contributed by atoms with Crippen LogP contribution in [-0.4, -0.2) is 32.8 Å². The van der Waals surface area contributed by atoms with Crippen LogP contribution in [0.4, 0.5) is 5.69 Å². The second kappa shape index (κ2) is 9.13. The van der Waals surface area contributed by atoms with Crippen LogP contribution in [0.15, 0.2) is 83.8 Å². The number of carbonyl (C=O) groups excluding carboxylic acids is 1. The number of amides is 1. The summed E-state index contributed by atoms with van der Waals surface area (Å²) in [6.07, 6.45) is 0. The summed E-state index contributed by atoms with van der Waals surface area (Å²) in [7, 11) is -2.21. The molecule has 0 N–H and O–H groups in total. The highest BCUT2D eigenvalue weighted by Gasteiger charge is 2.24. The molecule has 0 saturated carbocycles. The van der Waals surface area contributed by atoms with E-state index in [4.69, 9.17) is 0 Å². The van der Waals surface area contributed by atoms with Gasteiger partial charge in [-0.1, -0.05) is 54.6 Å². The lowest BCUT2D eigenvalue weighted by Crippen LogP contribution is -2.31. The van der Waals surface area contributed by atoms with Crippen LogP contribution in [0.1, 0.15) is 28.4 Å². The molecule has 156 valence electrons. The third kappa shape index (κ3) is 4.54. The number of rotatable bonds is 7. The fourth-order valence-electron chi connectivity index (χ4n) is 3.28. The number of carbonyl (C=O) groups is 1. The fraction of sp³-hybridized carbons (Fsp3) is 0.208. The molecule has 30 heavy (non-hydrogen) atoms. The SMILES string of the molecule is CCN(Cc1ccccc1)C(=O)c1ccc(C)c(N(C)S(=O)(=O)c2ccccc2)c1. The van der Waals surface area contributed by atoms with Crippen molar-refractivity contribution >= 4 is 21.6 Å². The highest BCUT2D eigenvalue weighted by Crippen LogP contribution is 2.27. The van der Waals surface area contributed by atoms with Crippen molar-refractivity contribution in [2.45, 2.75) is 25.3 Å². The first-order valence-corrected chi connectivity index (χ1v) is 11.3. The van der Waals surface area contributed by atoms with E-state index in [2.05, 4.69) is 0 Å². The van der Waals surface area contributed by atoms with Gasteiger partial charge in [0.05, 0.1) is 10.6 Å². The number of hydrogen-bond donors (Lipinski definition) is 0. The van der Waals surface area contributed by atoms with Gasteiger partial charge in [-0.3, -0.25) is 9.10 Å². The first kappa shape index (κ1) is 21.6. The van der Waals surface area contributed by atoms with Crippen LogP contribution in [0.5, 0.6) is 0 Å². The summed E-state index contributed by atoms with van der Waals surface area (Å²) in [6.45, 7) is 4.82. The Balaban J connectivity index is 1.91. The Kier molecular flexibility index (Phi) is 6.57. The van der Waals surface area contributed by atoms with Gasteiger partial charge in [0.1, 0.15) is 0 Å². The maximum Gasteiger partial charge on any atom is 0.264 e. The zero-order chi connectivity index (χ0) is 21.7. The van der Waals surface area contributed by atoms with Gasteiger partial charge < -0.3 is 4.90 Å². The van der Waals surface area contributed by atoms with Crippen molar-refractivity contribution in [2.75, 3.05) is 17.9 Å². The maximum atomic E-state index is 13.1. The Bertz CT molecular complexity index is 1110. The van der Waals surface area contributed by atoms with Gasteiger partial charge in [0.25, 0.3) is 15.9 Å². The normalized spacial score (nSPS) is 11.2. The van der Waals surface area contributed by atoms with Crippen molar-refractivity contribution in [3.63, 3.8) is 0 Å². The number of hydrogen-bond acceptors (Lipinski definition) is 3. The lowest BCUT2D eigenvalue weighted by atomic mass is 10.1. The monoisotopic (exact) mass is 422 g/mol. The van der Waals surface area contributed by atoms with Crippen molar-refractivity contribution in [3.8, 4) is 0 Å². The van der Waals surface area contributed by atoms with Crippen LogP contribution < -0.4 is 4.31 Å². The molecule has 0 radical (unpaired) electrons. The van der Waals surface area contributed by atoms with E-state index in [1.807, 2.05) is 44.2 Å². The minimum Gasteiger partial charge on any atom is -0.335 e. The number of anilines is 1. The van der Waals surface area contributed by atoms with Gasteiger partial charge in [-0.15, -0.1) is 0 Å². The van der Waals surface area contributed by atoms with Crippen molar-refractivity contribution < 1.29 is 13.2 Å². The fourth-order valence-corrected chi connectivity index (χ4v) is 4.55. The van der Waals surface area contributed by atoms with Gasteiger partial charge in [0.2, 0.25) is 0 Å². The molecule has 0 aliphatic heterocycles. The average Bonchev–Trinajstić information content (AvgIpc) is 2.78.